The van der Waals surface area contributed by atoms with Crippen molar-refractivity contribution in [1.29, 1.82) is 0 Å². The van der Waals surface area contributed by atoms with Gasteiger partial charge in [-0.2, -0.15) is 0 Å². The van der Waals surface area contributed by atoms with E-state index in [0.29, 0.717) is 6.42 Å². The fourth-order valence-corrected chi connectivity index (χ4v) is 2.54. The summed E-state index contributed by atoms with van der Waals surface area (Å²) in [6, 6.07) is 9.88. The Kier molecular flexibility index (Phi) is 3.69. The Bertz CT molecular complexity index is 507. The van der Waals surface area contributed by atoms with E-state index in [-0.39, 0.29) is 5.91 Å². The van der Waals surface area contributed by atoms with Crippen LogP contribution in [0.4, 0.5) is 0 Å². The zero-order valence-electron chi connectivity index (χ0n) is 11.7. The average Bonchev–Trinajstić information content (AvgIpc) is 2.98. The average molecular weight is 273 g/mol. The molecule has 0 aliphatic carbocycles. The highest BCUT2D eigenvalue weighted by Gasteiger charge is 2.33. The standard InChI is InChI=1S/C15H19N3O2/c1-17-7-9-18(10-8-17)15(19)14-11-13(16-20-14)12-5-3-2-4-6-12/h2-6,14H,7-11H2,1H3/t14-/m1/s1. The maximum absolute atomic E-state index is 12.4. The molecule has 5 heteroatoms. The van der Waals surface area contributed by atoms with Gasteiger partial charge in [-0.05, 0) is 12.6 Å². The minimum absolute atomic E-state index is 0.0628. The number of nitrogens with zero attached hydrogens (tertiary/aromatic N) is 3. The summed E-state index contributed by atoms with van der Waals surface area (Å²) in [7, 11) is 2.07. The van der Waals surface area contributed by atoms with Crippen molar-refractivity contribution in [2.75, 3.05) is 33.2 Å². The zero-order chi connectivity index (χ0) is 13.9. The van der Waals surface area contributed by atoms with Gasteiger partial charge in [0.1, 0.15) is 0 Å². The maximum Gasteiger partial charge on any atom is 0.266 e. The molecule has 2 aliphatic heterocycles. The third-order valence-corrected chi connectivity index (χ3v) is 3.87. The van der Waals surface area contributed by atoms with E-state index in [2.05, 4.69) is 17.1 Å². The van der Waals surface area contributed by atoms with Crippen LogP contribution < -0.4 is 0 Å². The maximum atomic E-state index is 12.4. The van der Waals surface area contributed by atoms with Crippen LogP contribution in [0.15, 0.2) is 35.5 Å². The monoisotopic (exact) mass is 273 g/mol. The van der Waals surface area contributed by atoms with Gasteiger partial charge in [-0.25, -0.2) is 0 Å². The van der Waals surface area contributed by atoms with Crippen LogP contribution in [0.5, 0.6) is 0 Å². The Morgan fingerprint density at radius 2 is 1.90 bits per heavy atom. The van der Waals surface area contributed by atoms with Crippen molar-refractivity contribution in [3.63, 3.8) is 0 Å². The molecule has 2 heterocycles. The van der Waals surface area contributed by atoms with E-state index in [4.69, 9.17) is 4.84 Å². The first-order chi connectivity index (χ1) is 9.74. The first-order valence-corrected chi connectivity index (χ1v) is 6.99. The number of likely N-dealkylation sites (N-methyl/N-ethyl adjacent to an activating group) is 1. The third-order valence-electron chi connectivity index (χ3n) is 3.87. The van der Waals surface area contributed by atoms with E-state index in [1.165, 1.54) is 0 Å². The number of oxime groups is 1. The molecule has 0 aromatic heterocycles. The first kappa shape index (κ1) is 13.1. The molecule has 0 saturated carbocycles. The van der Waals surface area contributed by atoms with Crippen molar-refractivity contribution < 1.29 is 9.63 Å². The number of carbonyl (C=O) groups excluding carboxylic acids is 1. The number of carbonyl (C=O) groups is 1. The summed E-state index contributed by atoms with van der Waals surface area (Å²) >= 11 is 0. The van der Waals surface area contributed by atoms with Crippen LogP contribution in [0.2, 0.25) is 0 Å². The second-order valence-electron chi connectivity index (χ2n) is 5.33. The van der Waals surface area contributed by atoms with Gasteiger partial charge in [0.25, 0.3) is 5.91 Å². The van der Waals surface area contributed by atoms with E-state index in [1.807, 2.05) is 35.2 Å². The van der Waals surface area contributed by atoms with Gasteiger partial charge in [0.2, 0.25) is 6.10 Å². The lowest BCUT2D eigenvalue weighted by molar-refractivity contribution is -0.143. The minimum Gasteiger partial charge on any atom is -0.382 e. The number of piperazine rings is 1. The second kappa shape index (κ2) is 5.63. The van der Waals surface area contributed by atoms with Crippen LogP contribution in [0.3, 0.4) is 0 Å². The molecule has 5 nitrogen and oxygen atoms in total. The highest BCUT2D eigenvalue weighted by Crippen LogP contribution is 2.18. The van der Waals surface area contributed by atoms with E-state index < -0.39 is 6.10 Å². The Hall–Kier alpha value is -1.88. The molecule has 1 saturated heterocycles. The molecule has 0 bridgehead atoms. The number of amides is 1. The Labute approximate surface area is 118 Å². The molecule has 0 unspecified atom stereocenters. The first-order valence-electron chi connectivity index (χ1n) is 6.99. The second-order valence-corrected chi connectivity index (χ2v) is 5.33. The van der Waals surface area contributed by atoms with E-state index in [1.54, 1.807) is 0 Å². The predicted octanol–water partition coefficient (Wildman–Crippen LogP) is 0.954. The molecule has 0 radical (unpaired) electrons. The molecule has 0 N–H and O–H groups in total. The summed E-state index contributed by atoms with van der Waals surface area (Å²) in [6.07, 6.45) is 0.114. The summed E-state index contributed by atoms with van der Waals surface area (Å²) in [4.78, 5) is 21.8. The van der Waals surface area contributed by atoms with Gasteiger partial charge < -0.3 is 14.6 Å². The molecule has 20 heavy (non-hydrogen) atoms. The van der Waals surface area contributed by atoms with Crippen LogP contribution in [0.1, 0.15) is 12.0 Å². The zero-order valence-corrected chi connectivity index (χ0v) is 11.7. The lowest BCUT2D eigenvalue weighted by Gasteiger charge is -2.33. The summed E-state index contributed by atoms with van der Waals surface area (Å²) in [5.41, 5.74) is 1.89. The van der Waals surface area contributed by atoms with E-state index in [0.717, 1.165) is 37.5 Å². The van der Waals surface area contributed by atoms with Crippen molar-refractivity contribution in [1.82, 2.24) is 9.80 Å². The summed E-state index contributed by atoms with van der Waals surface area (Å²) in [5.74, 6) is 0.0628. The highest BCUT2D eigenvalue weighted by atomic mass is 16.6. The van der Waals surface area contributed by atoms with Crippen molar-refractivity contribution >= 4 is 11.6 Å². The van der Waals surface area contributed by atoms with Gasteiger partial charge in [-0.15, -0.1) is 0 Å². The normalized spacial score (nSPS) is 23.4. The molecule has 2 aliphatic rings. The van der Waals surface area contributed by atoms with Gasteiger partial charge in [-0.3, -0.25) is 4.79 Å². The van der Waals surface area contributed by atoms with Gasteiger partial charge >= 0.3 is 0 Å². The van der Waals surface area contributed by atoms with E-state index >= 15 is 0 Å². The number of hydrogen-bond donors (Lipinski definition) is 0. The highest BCUT2D eigenvalue weighted by molar-refractivity contribution is 6.04. The van der Waals surface area contributed by atoms with Gasteiger partial charge in [0, 0.05) is 32.6 Å². The van der Waals surface area contributed by atoms with Crippen molar-refractivity contribution in [2.45, 2.75) is 12.5 Å². The lowest BCUT2D eigenvalue weighted by Crippen LogP contribution is -2.50. The fraction of sp³-hybridized carbons (Fsp3) is 0.467. The molecule has 1 aromatic rings. The molecular weight excluding hydrogens is 254 g/mol. The smallest absolute Gasteiger partial charge is 0.266 e. The predicted molar refractivity (Wildman–Crippen MR) is 76.5 cm³/mol. The Morgan fingerprint density at radius 3 is 2.60 bits per heavy atom. The molecule has 1 amide bonds. The Balaban J connectivity index is 1.60. The molecule has 1 atom stereocenters. The molecule has 3 rings (SSSR count). The SMILES string of the molecule is CN1CCN(C(=O)[C@H]2CC(c3ccccc3)=NO2)CC1. The lowest BCUT2D eigenvalue weighted by atomic mass is 10.0. The van der Waals surface area contributed by atoms with Crippen molar-refractivity contribution in [2.24, 2.45) is 5.16 Å². The molecule has 1 fully saturated rings. The van der Waals surface area contributed by atoms with Crippen molar-refractivity contribution in [3.05, 3.63) is 35.9 Å². The number of rotatable bonds is 2. The molecule has 1 aromatic carbocycles. The van der Waals surface area contributed by atoms with Gasteiger partial charge in [0.15, 0.2) is 0 Å². The Morgan fingerprint density at radius 1 is 1.20 bits per heavy atom. The van der Waals surface area contributed by atoms with E-state index in [9.17, 15) is 4.79 Å². The van der Waals surface area contributed by atoms with Crippen LogP contribution in [0, 0.1) is 0 Å². The summed E-state index contributed by atoms with van der Waals surface area (Å²) < 4.78 is 0. The molecule has 0 spiro atoms. The fourth-order valence-electron chi connectivity index (χ4n) is 2.54. The minimum atomic E-state index is -0.450. The molecular formula is C15H19N3O2. The summed E-state index contributed by atoms with van der Waals surface area (Å²) in [6.45, 7) is 3.39. The molecule has 106 valence electrons. The topological polar surface area (TPSA) is 45.1 Å². The van der Waals surface area contributed by atoms with Crippen molar-refractivity contribution in [3.8, 4) is 0 Å². The van der Waals surface area contributed by atoms with Crippen LogP contribution in [0.25, 0.3) is 0 Å². The number of benzene rings is 1. The quantitative estimate of drug-likeness (QED) is 0.806. The van der Waals surface area contributed by atoms with Crippen LogP contribution in [-0.2, 0) is 9.63 Å². The summed E-state index contributed by atoms with van der Waals surface area (Å²) in [5, 5.41) is 4.08. The van der Waals surface area contributed by atoms with Gasteiger partial charge in [0.05, 0.1) is 5.71 Å². The van der Waals surface area contributed by atoms with Crippen LogP contribution >= 0.6 is 0 Å². The largest absolute Gasteiger partial charge is 0.382 e. The van der Waals surface area contributed by atoms with Crippen LogP contribution in [-0.4, -0.2) is 60.7 Å². The van der Waals surface area contributed by atoms with Gasteiger partial charge in [-0.1, -0.05) is 35.5 Å². The number of hydrogen-bond acceptors (Lipinski definition) is 4. The third kappa shape index (κ3) is 2.67.